The summed E-state index contributed by atoms with van der Waals surface area (Å²) in [5.41, 5.74) is 28.6. The highest BCUT2D eigenvalue weighted by Gasteiger charge is 2.23. The average molecular weight is 945 g/mol. The normalized spacial score (nSPS) is 12.1. The van der Waals surface area contributed by atoms with E-state index in [-0.39, 0.29) is 0 Å². The van der Waals surface area contributed by atoms with Gasteiger partial charge in [-0.2, -0.15) is 10.2 Å². The zero-order valence-electron chi connectivity index (χ0n) is 43.4. The lowest BCUT2D eigenvalue weighted by molar-refractivity contribution is 0.305. The fourth-order valence-electron chi connectivity index (χ4n) is 11.2. The van der Waals surface area contributed by atoms with Crippen molar-refractivity contribution in [2.24, 2.45) is 10.2 Å². The van der Waals surface area contributed by atoms with Crippen LogP contribution in [0.15, 0.2) is 119 Å². The first-order chi connectivity index (χ1) is 34.8. The van der Waals surface area contributed by atoms with Gasteiger partial charge < -0.3 is 14.7 Å². The molecule has 3 aromatic heterocycles. The van der Waals surface area contributed by atoms with Crippen LogP contribution in [0.4, 0.5) is 11.4 Å². The number of nitrogens with one attached hydrogen (secondary N) is 2. The number of fused-ring (bicyclic) bond motifs is 8. The van der Waals surface area contributed by atoms with Crippen LogP contribution in [0.3, 0.4) is 0 Å². The third-order valence-electron chi connectivity index (χ3n) is 14.1. The molecule has 72 heavy (non-hydrogen) atoms. The highest BCUT2D eigenvalue weighted by Crippen LogP contribution is 2.42. The maximum absolute atomic E-state index is 5.96. The monoisotopic (exact) mass is 945 g/mol. The number of ether oxygens (including phenoxy) is 1. The molecule has 2 N–H and O–H groups in total. The van der Waals surface area contributed by atoms with Crippen molar-refractivity contribution in [1.82, 2.24) is 19.9 Å². The van der Waals surface area contributed by atoms with Gasteiger partial charge in [0.15, 0.2) is 0 Å². The molecule has 0 aliphatic carbocycles. The minimum atomic E-state index is 0.725. The second-order valence-corrected chi connectivity index (χ2v) is 20.0. The van der Waals surface area contributed by atoms with Gasteiger partial charge in [0.05, 0.1) is 40.8 Å². The quantitative estimate of drug-likeness (QED) is 0.0944. The standard InChI is InChI=1S/C65H64N6O/c1-11-12-13-14-31-72-50-21-19-49(20-22-50)71-70-48-17-15-47(16-18-48)62-51-23-25-53(66-51)63(59-41(5)32-38(2)33-42(59)6)55-27-29-57(68-55)65(61-45(9)36-40(4)37-46(61)10)58-30-28-56(69-58)64(54-26-24-52(62)67-54)60-43(7)34-39(3)35-44(60)8/h15-30,32-37,66,69H,11-14,31H2,1-10H3. The highest BCUT2D eigenvalue weighted by atomic mass is 16.5. The van der Waals surface area contributed by atoms with Crippen molar-refractivity contribution in [1.29, 1.82) is 0 Å². The molecule has 5 heterocycles. The third kappa shape index (κ3) is 9.51. The summed E-state index contributed by atoms with van der Waals surface area (Å²) in [7, 11) is 0. The summed E-state index contributed by atoms with van der Waals surface area (Å²) in [5, 5.41) is 9.25. The number of aromatic nitrogens is 4. The van der Waals surface area contributed by atoms with Crippen molar-refractivity contribution < 1.29 is 4.74 Å². The van der Waals surface area contributed by atoms with Gasteiger partial charge >= 0.3 is 0 Å². The number of benzene rings is 5. The van der Waals surface area contributed by atoms with E-state index >= 15 is 0 Å². The molecule has 0 spiro atoms. The van der Waals surface area contributed by atoms with Crippen molar-refractivity contribution in [3.8, 4) is 50.3 Å². The molecule has 0 unspecified atom stereocenters. The number of H-pyrrole nitrogens is 2. The van der Waals surface area contributed by atoms with Crippen molar-refractivity contribution in [2.45, 2.75) is 94.9 Å². The first-order valence-electron chi connectivity index (χ1n) is 25.5. The first kappa shape index (κ1) is 47.8. The molecule has 360 valence electrons. The first-order valence-corrected chi connectivity index (χ1v) is 25.5. The summed E-state index contributed by atoms with van der Waals surface area (Å²) in [6.07, 6.45) is 13.4. The number of hydrogen-bond donors (Lipinski definition) is 2. The Morgan fingerprint density at radius 2 is 0.736 bits per heavy atom. The van der Waals surface area contributed by atoms with Gasteiger partial charge in [-0.15, -0.1) is 0 Å². The SMILES string of the molecule is CCCCCCOc1ccc(N=Nc2ccc(-c3c4nc(c(-c5c(C)cc(C)cc5C)c5ccc([nH]5)c(-c5c(C)cc(C)cc5C)c5nc(c(-c6c(C)cc(C)cc6C)c6ccc3[nH]6)C=C5)C=C4)cc2)cc1. The number of azo groups is 1. The number of aromatic amines is 2. The molecule has 7 nitrogen and oxygen atoms in total. The summed E-state index contributed by atoms with van der Waals surface area (Å²) >= 11 is 0. The fraction of sp³-hybridized carbons (Fsp3) is 0.231. The van der Waals surface area contributed by atoms with Crippen LogP contribution in [-0.4, -0.2) is 26.5 Å². The molecular weight excluding hydrogens is 881 g/mol. The summed E-state index contributed by atoms with van der Waals surface area (Å²) in [5.74, 6) is 0.852. The van der Waals surface area contributed by atoms with E-state index < -0.39 is 0 Å². The molecule has 5 aromatic carbocycles. The van der Waals surface area contributed by atoms with Gasteiger partial charge in [-0.05, 0) is 209 Å². The van der Waals surface area contributed by atoms with Crippen LogP contribution >= 0.6 is 0 Å². The van der Waals surface area contributed by atoms with Gasteiger partial charge in [0.25, 0.3) is 0 Å². The second-order valence-electron chi connectivity index (χ2n) is 20.0. The zero-order chi connectivity index (χ0) is 50.2. The van der Waals surface area contributed by atoms with E-state index in [1.165, 1.54) is 86.0 Å². The molecule has 10 rings (SSSR count). The molecule has 0 radical (unpaired) electrons. The van der Waals surface area contributed by atoms with Crippen molar-refractivity contribution >= 4 is 57.7 Å². The zero-order valence-corrected chi connectivity index (χ0v) is 43.4. The lowest BCUT2D eigenvalue weighted by atomic mass is 9.92. The van der Waals surface area contributed by atoms with Crippen LogP contribution in [0.5, 0.6) is 5.75 Å². The van der Waals surface area contributed by atoms with Gasteiger partial charge in [-0.3, -0.25) is 0 Å². The maximum Gasteiger partial charge on any atom is 0.119 e. The average Bonchev–Trinajstić information content (AvgIpc) is 4.19. The van der Waals surface area contributed by atoms with Crippen LogP contribution in [-0.2, 0) is 0 Å². The smallest absolute Gasteiger partial charge is 0.119 e. The molecule has 0 saturated heterocycles. The van der Waals surface area contributed by atoms with Crippen LogP contribution in [0.2, 0.25) is 0 Å². The summed E-state index contributed by atoms with van der Waals surface area (Å²) in [6, 6.07) is 38.7. The maximum atomic E-state index is 5.96. The molecule has 2 aliphatic rings. The number of rotatable bonds is 12. The van der Waals surface area contributed by atoms with Crippen molar-refractivity contribution in [3.05, 3.63) is 182 Å². The Bertz CT molecular complexity index is 3550. The minimum Gasteiger partial charge on any atom is -0.494 e. The van der Waals surface area contributed by atoms with Crippen molar-refractivity contribution in [3.63, 3.8) is 0 Å². The van der Waals surface area contributed by atoms with Gasteiger partial charge in [0.2, 0.25) is 0 Å². The van der Waals surface area contributed by atoms with Gasteiger partial charge in [-0.25, -0.2) is 9.97 Å². The molecule has 0 amide bonds. The third-order valence-corrected chi connectivity index (χ3v) is 14.1. The number of unbranched alkanes of at least 4 members (excludes halogenated alkanes) is 3. The van der Waals surface area contributed by atoms with E-state index in [4.69, 9.17) is 14.7 Å². The van der Waals surface area contributed by atoms with E-state index in [2.05, 4.69) is 187 Å². The van der Waals surface area contributed by atoms with E-state index in [0.29, 0.717) is 0 Å². The van der Waals surface area contributed by atoms with Crippen LogP contribution in [0.25, 0.3) is 90.9 Å². The van der Waals surface area contributed by atoms with E-state index in [1.54, 1.807) is 0 Å². The molecule has 0 saturated carbocycles. The Morgan fingerprint density at radius 1 is 0.389 bits per heavy atom. The molecule has 2 aliphatic heterocycles. The Kier molecular flexibility index (Phi) is 13.3. The predicted molar refractivity (Wildman–Crippen MR) is 303 cm³/mol. The fourth-order valence-corrected chi connectivity index (χ4v) is 11.2. The Labute approximate surface area is 424 Å². The molecule has 8 aromatic rings. The van der Waals surface area contributed by atoms with E-state index in [9.17, 15) is 0 Å². The van der Waals surface area contributed by atoms with Crippen LogP contribution in [0.1, 0.15) is 105 Å². The second kappa shape index (κ2) is 20.1. The van der Waals surface area contributed by atoms with Gasteiger partial charge in [0.1, 0.15) is 5.75 Å². The summed E-state index contributed by atoms with van der Waals surface area (Å²) < 4.78 is 5.96. The van der Waals surface area contributed by atoms with Gasteiger partial charge in [0, 0.05) is 44.3 Å². The molecule has 0 atom stereocenters. The Morgan fingerprint density at radius 3 is 1.11 bits per heavy atom. The lowest BCUT2D eigenvalue weighted by Gasteiger charge is -2.14. The topological polar surface area (TPSA) is 91.3 Å². The lowest BCUT2D eigenvalue weighted by Crippen LogP contribution is -1.96. The number of nitrogens with zero attached hydrogens (tertiary/aromatic N) is 4. The van der Waals surface area contributed by atoms with E-state index in [0.717, 1.165) is 103 Å². The largest absolute Gasteiger partial charge is 0.494 e. The molecular formula is C65H64N6O. The van der Waals surface area contributed by atoms with Crippen molar-refractivity contribution in [2.75, 3.05) is 6.61 Å². The Hall–Kier alpha value is -7.90. The summed E-state index contributed by atoms with van der Waals surface area (Å²) in [4.78, 5) is 19.2. The number of hydrogen-bond acceptors (Lipinski definition) is 5. The summed E-state index contributed by atoms with van der Waals surface area (Å²) in [6.45, 7) is 22.7. The molecule has 8 bridgehead atoms. The van der Waals surface area contributed by atoms with Crippen LogP contribution in [0, 0.1) is 62.3 Å². The van der Waals surface area contributed by atoms with Gasteiger partial charge in [-0.1, -0.05) is 91.4 Å². The van der Waals surface area contributed by atoms with Crippen LogP contribution < -0.4 is 4.74 Å². The molecule has 7 heteroatoms. The highest BCUT2D eigenvalue weighted by molar-refractivity contribution is 6.01. The van der Waals surface area contributed by atoms with E-state index in [1.807, 2.05) is 36.4 Å². The number of aryl methyl sites for hydroxylation is 9. The minimum absolute atomic E-state index is 0.725. The predicted octanol–water partition coefficient (Wildman–Crippen LogP) is 18.5. The Balaban J connectivity index is 1.22. The molecule has 0 fully saturated rings.